The van der Waals surface area contributed by atoms with Crippen LogP contribution in [-0.2, 0) is 16.1 Å². The van der Waals surface area contributed by atoms with Crippen LogP contribution in [0, 0.1) is 5.92 Å². The monoisotopic (exact) mass is 369 g/mol. The van der Waals surface area contributed by atoms with Gasteiger partial charge in [0.15, 0.2) is 0 Å². The molecule has 1 unspecified atom stereocenters. The van der Waals surface area contributed by atoms with Crippen LogP contribution in [0.25, 0.3) is 5.57 Å². The second kappa shape index (κ2) is 9.02. The predicted molar refractivity (Wildman–Crippen MR) is 106 cm³/mol. The summed E-state index contributed by atoms with van der Waals surface area (Å²) in [5.74, 6) is -0.448. The number of halogens is 1. The molecule has 0 fully saturated rings. The van der Waals surface area contributed by atoms with Crippen molar-refractivity contribution < 1.29 is 9.53 Å². The molecule has 0 aliphatic carbocycles. The fraction of sp³-hybridized carbons (Fsp3) is 0.318. The molecule has 3 nitrogen and oxygen atoms in total. The van der Waals surface area contributed by atoms with Crippen LogP contribution in [0.3, 0.4) is 0 Å². The summed E-state index contributed by atoms with van der Waals surface area (Å²) in [7, 11) is 0. The average Bonchev–Trinajstić information content (AvgIpc) is 2.68. The molecular weight excluding hydrogens is 346 g/mol. The van der Waals surface area contributed by atoms with E-state index in [4.69, 9.17) is 16.3 Å². The molecule has 0 bridgehead atoms. The molecule has 0 saturated carbocycles. The van der Waals surface area contributed by atoms with E-state index in [0.717, 1.165) is 36.2 Å². The van der Waals surface area contributed by atoms with Gasteiger partial charge in [-0.25, -0.2) is 0 Å². The summed E-state index contributed by atoms with van der Waals surface area (Å²) in [6.45, 7) is 4.98. The lowest BCUT2D eigenvalue weighted by molar-refractivity contribution is -0.148. The molecule has 1 aliphatic rings. The smallest absolute Gasteiger partial charge is 0.315 e. The zero-order chi connectivity index (χ0) is 18.4. The number of nitrogens with zero attached hydrogens (tertiary/aromatic N) is 1. The molecule has 0 N–H and O–H groups in total. The first kappa shape index (κ1) is 18.7. The molecule has 0 saturated heterocycles. The Morgan fingerprint density at radius 1 is 1.15 bits per heavy atom. The molecule has 0 amide bonds. The quantitative estimate of drug-likeness (QED) is 0.684. The van der Waals surface area contributed by atoms with Gasteiger partial charge >= 0.3 is 5.97 Å². The van der Waals surface area contributed by atoms with Gasteiger partial charge in [-0.15, -0.1) is 0 Å². The number of carbonyl (C=O) groups excluding carboxylic acids is 1. The average molecular weight is 370 g/mol. The molecular formula is C22H24ClNO2. The molecule has 136 valence electrons. The van der Waals surface area contributed by atoms with Crippen molar-refractivity contribution in [1.29, 1.82) is 0 Å². The molecule has 2 aromatic carbocycles. The summed E-state index contributed by atoms with van der Waals surface area (Å²) < 4.78 is 5.64. The Balaban J connectivity index is 1.77. The summed E-state index contributed by atoms with van der Waals surface area (Å²) in [6.07, 6.45) is 3.22. The molecule has 3 rings (SSSR count). The number of carbonyl (C=O) groups is 1. The van der Waals surface area contributed by atoms with E-state index in [0.29, 0.717) is 18.2 Å². The Hall–Kier alpha value is -2.10. The summed E-state index contributed by atoms with van der Waals surface area (Å²) >= 11 is 6.01. The molecule has 1 heterocycles. The lowest BCUT2D eigenvalue weighted by Crippen LogP contribution is -2.39. The summed E-state index contributed by atoms with van der Waals surface area (Å²) in [4.78, 5) is 15.2. The van der Waals surface area contributed by atoms with E-state index < -0.39 is 0 Å². The van der Waals surface area contributed by atoms with Gasteiger partial charge in [0, 0.05) is 18.1 Å². The number of rotatable bonds is 6. The van der Waals surface area contributed by atoms with Crippen LogP contribution in [0.1, 0.15) is 24.5 Å². The van der Waals surface area contributed by atoms with Crippen molar-refractivity contribution in [3.8, 4) is 0 Å². The highest BCUT2D eigenvalue weighted by Crippen LogP contribution is 2.30. The van der Waals surface area contributed by atoms with Crippen LogP contribution in [0.4, 0.5) is 0 Å². The standard InChI is InChI=1S/C22H24ClNO2/c1-2-13-24-14-12-20(18-8-10-19(23)11-9-18)21(15-24)22(25)26-16-17-6-4-3-5-7-17/h3-12,21H,2,13-16H2,1H3. The normalized spacial score (nSPS) is 17.6. The van der Waals surface area contributed by atoms with E-state index >= 15 is 0 Å². The fourth-order valence-corrected chi connectivity index (χ4v) is 3.42. The summed E-state index contributed by atoms with van der Waals surface area (Å²) in [5, 5.41) is 0.695. The van der Waals surface area contributed by atoms with Crippen molar-refractivity contribution in [2.45, 2.75) is 20.0 Å². The first-order valence-electron chi connectivity index (χ1n) is 9.06. The van der Waals surface area contributed by atoms with Gasteiger partial charge in [-0.2, -0.15) is 0 Å². The first-order valence-corrected chi connectivity index (χ1v) is 9.44. The second-order valence-corrected chi connectivity index (χ2v) is 7.01. The minimum atomic E-state index is -0.278. The Bertz CT molecular complexity index is 755. The number of ether oxygens (including phenoxy) is 1. The molecule has 0 radical (unpaired) electrons. The lowest BCUT2D eigenvalue weighted by Gasteiger charge is -2.31. The summed E-state index contributed by atoms with van der Waals surface area (Å²) in [5.41, 5.74) is 3.07. The third-order valence-corrected chi connectivity index (χ3v) is 4.86. The molecule has 1 atom stereocenters. The number of esters is 1. The van der Waals surface area contributed by atoms with Crippen LogP contribution < -0.4 is 0 Å². The van der Waals surface area contributed by atoms with Gasteiger partial charge in [0.05, 0.1) is 5.92 Å². The second-order valence-electron chi connectivity index (χ2n) is 6.57. The van der Waals surface area contributed by atoms with E-state index in [1.807, 2.05) is 54.6 Å². The highest BCUT2D eigenvalue weighted by molar-refractivity contribution is 6.30. The van der Waals surface area contributed by atoms with Crippen molar-refractivity contribution in [2.75, 3.05) is 19.6 Å². The maximum atomic E-state index is 12.9. The largest absolute Gasteiger partial charge is 0.460 e. The Labute approximate surface area is 160 Å². The van der Waals surface area contributed by atoms with E-state index in [1.165, 1.54) is 0 Å². The van der Waals surface area contributed by atoms with Crippen molar-refractivity contribution >= 4 is 23.1 Å². The topological polar surface area (TPSA) is 29.5 Å². The van der Waals surface area contributed by atoms with Crippen LogP contribution in [0.15, 0.2) is 60.7 Å². The molecule has 2 aromatic rings. The van der Waals surface area contributed by atoms with Crippen molar-refractivity contribution in [1.82, 2.24) is 4.90 Å². The van der Waals surface area contributed by atoms with Gasteiger partial charge in [-0.3, -0.25) is 9.69 Å². The van der Waals surface area contributed by atoms with E-state index in [9.17, 15) is 4.79 Å². The summed E-state index contributed by atoms with van der Waals surface area (Å²) in [6, 6.07) is 17.5. The van der Waals surface area contributed by atoms with Gasteiger partial charge in [0.1, 0.15) is 6.61 Å². The third-order valence-electron chi connectivity index (χ3n) is 4.61. The van der Waals surface area contributed by atoms with Crippen LogP contribution in [0.2, 0.25) is 5.02 Å². The van der Waals surface area contributed by atoms with Gasteiger partial charge in [-0.1, -0.05) is 67.1 Å². The van der Waals surface area contributed by atoms with Crippen molar-refractivity contribution in [2.24, 2.45) is 5.92 Å². The van der Waals surface area contributed by atoms with Gasteiger partial charge in [0.25, 0.3) is 0 Å². The van der Waals surface area contributed by atoms with E-state index in [-0.39, 0.29) is 11.9 Å². The van der Waals surface area contributed by atoms with E-state index in [2.05, 4.69) is 17.9 Å². The molecule has 26 heavy (non-hydrogen) atoms. The lowest BCUT2D eigenvalue weighted by atomic mass is 9.89. The Morgan fingerprint density at radius 2 is 1.88 bits per heavy atom. The van der Waals surface area contributed by atoms with Crippen LogP contribution >= 0.6 is 11.6 Å². The maximum Gasteiger partial charge on any atom is 0.315 e. The Kier molecular flexibility index (Phi) is 6.48. The number of benzene rings is 2. The highest BCUT2D eigenvalue weighted by atomic mass is 35.5. The van der Waals surface area contributed by atoms with Gasteiger partial charge in [0.2, 0.25) is 0 Å². The molecule has 0 aromatic heterocycles. The molecule has 4 heteroatoms. The number of hydrogen-bond acceptors (Lipinski definition) is 3. The first-order chi connectivity index (χ1) is 12.7. The van der Waals surface area contributed by atoms with Gasteiger partial charge in [-0.05, 0) is 41.8 Å². The predicted octanol–water partition coefficient (Wildman–Crippen LogP) is 4.81. The van der Waals surface area contributed by atoms with Crippen molar-refractivity contribution in [3.05, 3.63) is 76.8 Å². The molecule has 1 aliphatic heterocycles. The SMILES string of the molecule is CCCN1CC=C(c2ccc(Cl)cc2)C(C(=O)OCc2ccccc2)C1. The molecule has 0 spiro atoms. The zero-order valence-corrected chi connectivity index (χ0v) is 15.8. The van der Waals surface area contributed by atoms with E-state index in [1.54, 1.807) is 0 Å². The number of hydrogen-bond donors (Lipinski definition) is 0. The highest BCUT2D eigenvalue weighted by Gasteiger charge is 2.30. The minimum Gasteiger partial charge on any atom is -0.460 e. The maximum absolute atomic E-state index is 12.9. The third kappa shape index (κ3) is 4.75. The van der Waals surface area contributed by atoms with Crippen LogP contribution in [-0.4, -0.2) is 30.5 Å². The van der Waals surface area contributed by atoms with Crippen molar-refractivity contribution in [3.63, 3.8) is 0 Å². The van der Waals surface area contributed by atoms with Gasteiger partial charge < -0.3 is 4.74 Å². The van der Waals surface area contributed by atoms with Crippen LogP contribution in [0.5, 0.6) is 0 Å². The zero-order valence-electron chi connectivity index (χ0n) is 15.0. The minimum absolute atomic E-state index is 0.171. The Morgan fingerprint density at radius 3 is 2.58 bits per heavy atom. The fourth-order valence-electron chi connectivity index (χ4n) is 3.29.